The summed E-state index contributed by atoms with van der Waals surface area (Å²) < 4.78 is 77.1. The van der Waals surface area contributed by atoms with Gasteiger partial charge in [-0.1, -0.05) is 24.3 Å². The number of rotatable bonds is 14. The van der Waals surface area contributed by atoms with Crippen LogP contribution in [0.4, 0.5) is 8.78 Å². The van der Waals surface area contributed by atoms with Crippen LogP contribution in [0.15, 0.2) is 48.5 Å². The van der Waals surface area contributed by atoms with Gasteiger partial charge in [-0.15, -0.1) is 0 Å². The molecule has 2 aromatic rings. The summed E-state index contributed by atoms with van der Waals surface area (Å²) in [5, 5.41) is 3.07. The molecule has 33 heavy (non-hydrogen) atoms. The average molecular weight is 505 g/mol. The van der Waals surface area contributed by atoms with Gasteiger partial charge in [0.15, 0.2) is 0 Å². The standard InChI is InChI=1S/C22H31F2NO6P2/c1-5-28-32(26,29-6-2)21(17-9-13-19(23)14-10-17)25-22(18-11-15-20(24)16-12-18)33(27,30-7-3)31-8-4/h9-16,21-22,25H,5-8H2,1-4H3/t21-,22-/m1/s1. The number of hydrogen-bond acceptors (Lipinski definition) is 7. The molecule has 0 radical (unpaired) electrons. The molecule has 0 saturated heterocycles. The molecule has 0 aromatic heterocycles. The first-order valence-corrected chi connectivity index (χ1v) is 14.0. The van der Waals surface area contributed by atoms with Gasteiger partial charge in [-0.3, -0.25) is 14.4 Å². The van der Waals surface area contributed by atoms with E-state index in [2.05, 4.69) is 5.32 Å². The minimum absolute atomic E-state index is 0.0758. The highest BCUT2D eigenvalue weighted by molar-refractivity contribution is 7.55. The lowest BCUT2D eigenvalue weighted by Gasteiger charge is -2.34. The van der Waals surface area contributed by atoms with Crippen LogP contribution in [0, 0.1) is 11.6 Å². The summed E-state index contributed by atoms with van der Waals surface area (Å²) in [6, 6.07) is 10.6. The van der Waals surface area contributed by atoms with Crippen LogP contribution in [-0.4, -0.2) is 26.4 Å². The molecule has 0 unspecified atom stereocenters. The van der Waals surface area contributed by atoms with Crippen molar-refractivity contribution in [3.8, 4) is 0 Å². The Balaban J connectivity index is 2.66. The number of halogens is 2. The minimum atomic E-state index is -3.90. The third-order valence-electron chi connectivity index (χ3n) is 4.56. The molecule has 184 valence electrons. The quantitative estimate of drug-likeness (QED) is 0.283. The Kier molecular flexibility index (Phi) is 10.8. The summed E-state index contributed by atoms with van der Waals surface area (Å²) in [5.74, 6) is -3.27. The number of nitrogens with one attached hydrogen (secondary N) is 1. The molecule has 0 amide bonds. The summed E-state index contributed by atoms with van der Waals surface area (Å²) in [7, 11) is -7.80. The van der Waals surface area contributed by atoms with Crippen LogP contribution < -0.4 is 5.32 Å². The van der Waals surface area contributed by atoms with Crippen LogP contribution in [0.5, 0.6) is 0 Å². The molecule has 0 fully saturated rings. The molecule has 2 rings (SSSR count). The molecule has 0 heterocycles. The van der Waals surface area contributed by atoms with Gasteiger partial charge >= 0.3 is 15.2 Å². The Morgan fingerprint density at radius 1 is 0.636 bits per heavy atom. The second kappa shape index (κ2) is 12.9. The molecule has 0 spiro atoms. The molecule has 11 heteroatoms. The molecule has 0 aliphatic carbocycles. The highest BCUT2D eigenvalue weighted by atomic mass is 31.2. The van der Waals surface area contributed by atoms with Gasteiger partial charge < -0.3 is 18.1 Å². The van der Waals surface area contributed by atoms with E-state index in [1.807, 2.05) is 0 Å². The maximum Gasteiger partial charge on any atom is 0.351 e. The predicted molar refractivity (Wildman–Crippen MR) is 123 cm³/mol. The van der Waals surface area contributed by atoms with Gasteiger partial charge in [-0.2, -0.15) is 0 Å². The van der Waals surface area contributed by atoms with Gasteiger partial charge in [0.1, 0.15) is 23.2 Å². The third kappa shape index (κ3) is 7.27. The zero-order chi connectivity index (χ0) is 24.5. The van der Waals surface area contributed by atoms with Gasteiger partial charge in [-0.25, -0.2) is 8.78 Å². The maximum atomic E-state index is 13.8. The third-order valence-corrected chi connectivity index (χ3v) is 9.19. The first-order valence-electron chi connectivity index (χ1n) is 10.8. The Labute approximate surface area is 193 Å². The smallest absolute Gasteiger partial charge is 0.308 e. The SMILES string of the molecule is CCOP(=O)(OCC)[C@@H](N[C@@H](c1ccc(F)cc1)P(=O)(OCC)OCC)c1ccc(F)cc1. The fraction of sp³-hybridized carbons (Fsp3) is 0.455. The summed E-state index contributed by atoms with van der Waals surface area (Å²) in [5.41, 5.74) is 0.765. The number of hydrogen-bond donors (Lipinski definition) is 1. The van der Waals surface area contributed by atoms with E-state index in [-0.39, 0.29) is 26.4 Å². The lowest BCUT2D eigenvalue weighted by molar-refractivity contribution is 0.195. The van der Waals surface area contributed by atoms with Crippen molar-refractivity contribution in [3.05, 3.63) is 71.3 Å². The van der Waals surface area contributed by atoms with Crippen molar-refractivity contribution in [1.29, 1.82) is 0 Å². The maximum absolute atomic E-state index is 13.8. The Bertz CT molecular complexity index is 861. The van der Waals surface area contributed by atoms with E-state index in [4.69, 9.17) is 18.1 Å². The van der Waals surface area contributed by atoms with Crippen molar-refractivity contribution < 1.29 is 36.0 Å². The summed E-state index contributed by atoms with van der Waals surface area (Å²) in [6.45, 7) is 6.95. The summed E-state index contributed by atoms with van der Waals surface area (Å²) >= 11 is 0. The molecule has 7 nitrogen and oxygen atoms in total. The zero-order valence-electron chi connectivity index (χ0n) is 19.2. The van der Waals surface area contributed by atoms with Crippen molar-refractivity contribution in [2.24, 2.45) is 0 Å². The van der Waals surface area contributed by atoms with Crippen LogP contribution in [-0.2, 0) is 27.2 Å². The Morgan fingerprint density at radius 2 is 0.909 bits per heavy atom. The highest BCUT2D eigenvalue weighted by Gasteiger charge is 2.44. The normalized spacial score (nSPS) is 14.2. The summed E-state index contributed by atoms with van der Waals surface area (Å²) in [6.07, 6.45) is 0. The fourth-order valence-corrected chi connectivity index (χ4v) is 7.31. The molecule has 0 aliphatic rings. The molecule has 2 atom stereocenters. The molecule has 2 aromatic carbocycles. The van der Waals surface area contributed by atoms with E-state index in [0.29, 0.717) is 11.1 Å². The second-order valence-electron chi connectivity index (χ2n) is 6.83. The van der Waals surface area contributed by atoms with E-state index >= 15 is 0 Å². The largest absolute Gasteiger partial charge is 0.351 e. The van der Waals surface area contributed by atoms with Crippen LogP contribution in [0.1, 0.15) is 50.4 Å². The molecular formula is C22H31F2NO6P2. The first kappa shape index (κ1) is 27.8. The molecule has 0 saturated carbocycles. The monoisotopic (exact) mass is 505 g/mol. The van der Waals surface area contributed by atoms with E-state index < -0.39 is 38.4 Å². The van der Waals surface area contributed by atoms with Crippen molar-refractivity contribution >= 4 is 15.2 Å². The minimum Gasteiger partial charge on any atom is -0.308 e. The topological polar surface area (TPSA) is 83.1 Å². The zero-order valence-corrected chi connectivity index (χ0v) is 21.0. The van der Waals surface area contributed by atoms with Crippen molar-refractivity contribution in [1.82, 2.24) is 5.32 Å². The lowest BCUT2D eigenvalue weighted by Crippen LogP contribution is -2.29. The van der Waals surface area contributed by atoms with Crippen LogP contribution in [0.3, 0.4) is 0 Å². The average Bonchev–Trinajstić information content (AvgIpc) is 2.77. The highest BCUT2D eigenvalue weighted by Crippen LogP contribution is 2.65. The lowest BCUT2D eigenvalue weighted by atomic mass is 10.2. The molecule has 1 N–H and O–H groups in total. The first-order chi connectivity index (χ1) is 15.7. The van der Waals surface area contributed by atoms with E-state index in [0.717, 1.165) is 0 Å². The van der Waals surface area contributed by atoms with Gasteiger partial charge in [0.05, 0.1) is 26.4 Å². The van der Waals surface area contributed by atoms with E-state index in [1.54, 1.807) is 27.7 Å². The van der Waals surface area contributed by atoms with Gasteiger partial charge in [0, 0.05) is 0 Å². The Morgan fingerprint density at radius 3 is 1.15 bits per heavy atom. The fourth-order valence-electron chi connectivity index (χ4n) is 3.27. The summed E-state index contributed by atoms with van der Waals surface area (Å²) in [4.78, 5) is 0. The van der Waals surface area contributed by atoms with Crippen LogP contribution >= 0.6 is 15.2 Å². The van der Waals surface area contributed by atoms with E-state index in [1.165, 1.54) is 48.5 Å². The van der Waals surface area contributed by atoms with Crippen molar-refractivity contribution in [2.45, 2.75) is 39.3 Å². The second-order valence-corrected chi connectivity index (χ2v) is 11.1. The molecular weight excluding hydrogens is 474 g/mol. The van der Waals surface area contributed by atoms with Gasteiger partial charge in [0.2, 0.25) is 0 Å². The van der Waals surface area contributed by atoms with Crippen LogP contribution in [0.2, 0.25) is 0 Å². The predicted octanol–water partition coefficient (Wildman–Crippen LogP) is 6.78. The van der Waals surface area contributed by atoms with Gasteiger partial charge in [0.25, 0.3) is 0 Å². The Hall–Kier alpha value is -1.44. The van der Waals surface area contributed by atoms with Crippen molar-refractivity contribution in [3.63, 3.8) is 0 Å². The number of benzene rings is 2. The van der Waals surface area contributed by atoms with Crippen LogP contribution in [0.25, 0.3) is 0 Å². The molecule has 0 bridgehead atoms. The van der Waals surface area contributed by atoms with E-state index in [9.17, 15) is 17.9 Å². The van der Waals surface area contributed by atoms with Crippen molar-refractivity contribution in [2.75, 3.05) is 26.4 Å². The van der Waals surface area contributed by atoms with Gasteiger partial charge in [-0.05, 0) is 63.1 Å². The molecule has 0 aliphatic heterocycles.